The van der Waals surface area contributed by atoms with Gasteiger partial charge in [-0.1, -0.05) is 145 Å². The summed E-state index contributed by atoms with van der Waals surface area (Å²) in [5.74, 6) is 0.216. The number of aryl methyl sites for hydroxylation is 3. The molecule has 0 amide bonds. The molecule has 0 saturated carbocycles. The summed E-state index contributed by atoms with van der Waals surface area (Å²) < 4.78 is 0. The number of hydrogen-bond acceptors (Lipinski definition) is 2. The van der Waals surface area contributed by atoms with Crippen LogP contribution in [0.15, 0.2) is 176 Å². The first-order valence-corrected chi connectivity index (χ1v) is 17.8. The SMILES string of the molecule is Cc1ccc(N(c2ccccc2)c2c3ccccc3c(N(c3ccc(C)cc3)c3ccc(C)cc3)c3cc(C(C)c4ccccc4)ccc23)cc1. The van der Waals surface area contributed by atoms with Gasteiger partial charge in [0.1, 0.15) is 0 Å². The van der Waals surface area contributed by atoms with Crippen molar-refractivity contribution in [2.75, 3.05) is 9.80 Å². The van der Waals surface area contributed by atoms with Gasteiger partial charge in [0.05, 0.1) is 11.4 Å². The Kier molecular flexibility index (Phi) is 8.59. The average Bonchev–Trinajstić information content (AvgIpc) is 3.18. The number of fused-ring (bicyclic) bond motifs is 2. The van der Waals surface area contributed by atoms with E-state index in [2.05, 4.69) is 213 Å². The van der Waals surface area contributed by atoms with Crippen molar-refractivity contribution in [3.05, 3.63) is 204 Å². The van der Waals surface area contributed by atoms with E-state index in [1.54, 1.807) is 0 Å². The Morgan fingerprint density at radius 3 is 1.18 bits per heavy atom. The first-order chi connectivity index (χ1) is 25.0. The van der Waals surface area contributed by atoms with Crippen LogP contribution >= 0.6 is 0 Å². The Morgan fingerprint density at radius 1 is 0.333 bits per heavy atom. The van der Waals surface area contributed by atoms with Crippen LogP contribution in [0.4, 0.5) is 34.1 Å². The second-order valence-electron chi connectivity index (χ2n) is 13.7. The molecule has 248 valence electrons. The topological polar surface area (TPSA) is 6.48 Å². The van der Waals surface area contributed by atoms with E-state index in [-0.39, 0.29) is 5.92 Å². The number of hydrogen-bond donors (Lipinski definition) is 0. The fourth-order valence-corrected chi connectivity index (χ4v) is 7.31. The van der Waals surface area contributed by atoms with Gasteiger partial charge in [-0.25, -0.2) is 0 Å². The van der Waals surface area contributed by atoms with Crippen molar-refractivity contribution < 1.29 is 0 Å². The quantitative estimate of drug-likeness (QED) is 0.118. The molecule has 1 unspecified atom stereocenters. The highest BCUT2D eigenvalue weighted by molar-refractivity contribution is 6.23. The van der Waals surface area contributed by atoms with Gasteiger partial charge in [0.15, 0.2) is 0 Å². The zero-order valence-electron chi connectivity index (χ0n) is 29.7. The molecule has 0 radical (unpaired) electrons. The van der Waals surface area contributed by atoms with Crippen molar-refractivity contribution in [3.8, 4) is 0 Å². The van der Waals surface area contributed by atoms with E-state index in [1.807, 2.05) is 0 Å². The van der Waals surface area contributed by atoms with E-state index in [9.17, 15) is 0 Å². The van der Waals surface area contributed by atoms with Crippen molar-refractivity contribution in [1.29, 1.82) is 0 Å². The maximum Gasteiger partial charge on any atom is 0.0620 e. The van der Waals surface area contributed by atoms with Gasteiger partial charge >= 0.3 is 0 Å². The predicted molar refractivity (Wildman–Crippen MR) is 219 cm³/mol. The van der Waals surface area contributed by atoms with Crippen molar-refractivity contribution in [1.82, 2.24) is 0 Å². The first-order valence-electron chi connectivity index (χ1n) is 17.8. The fraction of sp³-hybridized carbons (Fsp3) is 0.102. The zero-order chi connectivity index (χ0) is 34.9. The summed E-state index contributed by atoms with van der Waals surface area (Å²) >= 11 is 0. The molecule has 0 fully saturated rings. The van der Waals surface area contributed by atoms with Gasteiger partial charge in [0.2, 0.25) is 0 Å². The molecule has 8 rings (SSSR count). The van der Waals surface area contributed by atoms with Crippen LogP contribution in [-0.2, 0) is 0 Å². The van der Waals surface area contributed by atoms with Crippen molar-refractivity contribution in [3.63, 3.8) is 0 Å². The van der Waals surface area contributed by atoms with Crippen LogP contribution in [0, 0.1) is 20.8 Å². The molecule has 0 aliphatic heterocycles. The fourth-order valence-electron chi connectivity index (χ4n) is 7.31. The number of rotatable bonds is 8. The van der Waals surface area contributed by atoms with Crippen molar-refractivity contribution in [2.24, 2.45) is 0 Å². The Morgan fingerprint density at radius 2 is 0.706 bits per heavy atom. The molecule has 8 aromatic carbocycles. The average molecular weight is 659 g/mol. The minimum Gasteiger partial charge on any atom is -0.309 e. The van der Waals surface area contributed by atoms with Crippen LogP contribution in [0.2, 0.25) is 0 Å². The second kappa shape index (κ2) is 13.7. The van der Waals surface area contributed by atoms with Gasteiger partial charge in [0.25, 0.3) is 0 Å². The lowest BCUT2D eigenvalue weighted by molar-refractivity contribution is 0.925. The Balaban J connectivity index is 1.51. The predicted octanol–water partition coefficient (Wildman–Crippen LogP) is 14.0. The smallest absolute Gasteiger partial charge is 0.0620 e. The van der Waals surface area contributed by atoms with Crippen LogP contribution in [-0.4, -0.2) is 0 Å². The highest BCUT2D eigenvalue weighted by Gasteiger charge is 2.26. The molecule has 8 aromatic rings. The maximum atomic E-state index is 2.46. The molecule has 0 heterocycles. The standard InChI is InChI=1S/C49H42N2/c1-34-19-26-41(27-20-34)50(40-15-9-6-10-16-40)48-44-17-11-12-18-45(44)49(47-33-39(25-32-46(47)48)37(4)38-13-7-5-8-14-38)51(42-28-21-35(2)22-29-42)43-30-23-36(3)24-31-43/h5-33,37H,1-4H3. The van der Waals surface area contributed by atoms with Gasteiger partial charge in [-0.05, 0) is 86.5 Å². The van der Waals surface area contributed by atoms with E-state index >= 15 is 0 Å². The Bertz CT molecular complexity index is 2380. The largest absolute Gasteiger partial charge is 0.309 e. The lowest BCUT2D eigenvalue weighted by Crippen LogP contribution is -2.15. The molecular weight excluding hydrogens is 617 g/mol. The van der Waals surface area contributed by atoms with E-state index in [0.29, 0.717) is 0 Å². The molecule has 1 atom stereocenters. The molecule has 2 nitrogen and oxygen atoms in total. The van der Waals surface area contributed by atoms with Gasteiger partial charge < -0.3 is 9.80 Å². The molecule has 0 aromatic heterocycles. The number of nitrogens with zero attached hydrogens (tertiary/aromatic N) is 2. The lowest BCUT2D eigenvalue weighted by atomic mass is 9.89. The normalized spacial score (nSPS) is 11.8. The first kappa shape index (κ1) is 32.1. The van der Waals surface area contributed by atoms with Crippen LogP contribution in [0.25, 0.3) is 21.5 Å². The zero-order valence-corrected chi connectivity index (χ0v) is 29.7. The van der Waals surface area contributed by atoms with Gasteiger partial charge in [-0.3, -0.25) is 0 Å². The van der Waals surface area contributed by atoms with Crippen LogP contribution in [0.1, 0.15) is 40.7 Å². The van der Waals surface area contributed by atoms with E-state index < -0.39 is 0 Å². The summed E-state index contributed by atoms with van der Waals surface area (Å²) in [6, 6.07) is 64.5. The highest BCUT2D eigenvalue weighted by atomic mass is 15.2. The van der Waals surface area contributed by atoms with Crippen LogP contribution in [0.5, 0.6) is 0 Å². The van der Waals surface area contributed by atoms with Gasteiger partial charge in [0, 0.05) is 50.2 Å². The minimum atomic E-state index is 0.216. The third kappa shape index (κ3) is 6.15. The minimum absolute atomic E-state index is 0.216. The Labute approximate surface area is 301 Å². The number of para-hydroxylation sites is 1. The third-order valence-corrected chi connectivity index (χ3v) is 10.1. The molecule has 0 aliphatic carbocycles. The van der Waals surface area contributed by atoms with Crippen LogP contribution in [0.3, 0.4) is 0 Å². The van der Waals surface area contributed by atoms with Gasteiger partial charge in [-0.15, -0.1) is 0 Å². The second-order valence-corrected chi connectivity index (χ2v) is 13.7. The van der Waals surface area contributed by atoms with Crippen molar-refractivity contribution in [2.45, 2.75) is 33.6 Å². The molecule has 0 bridgehead atoms. The summed E-state index contributed by atoms with van der Waals surface area (Å²) in [4.78, 5) is 4.90. The Hall–Kier alpha value is -6.12. The van der Waals surface area contributed by atoms with Gasteiger partial charge in [-0.2, -0.15) is 0 Å². The molecule has 0 aliphatic rings. The third-order valence-electron chi connectivity index (χ3n) is 10.1. The summed E-state index contributed by atoms with van der Waals surface area (Å²) in [6.07, 6.45) is 0. The van der Waals surface area contributed by atoms with Crippen molar-refractivity contribution >= 4 is 55.7 Å². The molecule has 0 N–H and O–H groups in total. The summed E-state index contributed by atoms with van der Waals surface area (Å²) in [6.45, 7) is 8.77. The lowest BCUT2D eigenvalue weighted by Gasteiger charge is -2.33. The molecular formula is C49H42N2. The number of benzene rings is 8. The van der Waals surface area contributed by atoms with E-state index in [1.165, 1.54) is 60.7 Å². The monoisotopic (exact) mass is 658 g/mol. The molecule has 2 heteroatoms. The van der Waals surface area contributed by atoms with E-state index in [4.69, 9.17) is 0 Å². The van der Waals surface area contributed by atoms with Crippen LogP contribution < -0.4 is 9.80 Å². The molecule has 0 spiro atoms. The number of anilines is 6. The summed E-state index contributed by atoms with van der Waals surface area (Å²) in [5, 5.41) is 4.79. The molecule has 51 heavy (non-hydrogen) atoms. The molecule has 0 saturated heterocycles. The van der Waals surface area contributed by atoms with E-state index in [0.717, 1.165) is 22.7 Å². The maximum absolute atomic E-state index is 2.46. The summed E-state index contributed by atoms with van der Waals surface area (Å²) in [7, 11) is 0. The summed E-state index contributed by atoms with van der Waals surface area (Å²) in [5.41, 5.74) is 13.2. The highest BCUT2D eigenvalue weighted by Crippen LogP contribution is 2.51.